The minimum absolute atomic E-state index is 0.0409. The van der Waals surface area contributed by atoms with Gasteiger partial charge in [0.15, 0.2) is 5.82 Å². The second-order valence-corrected chi connectivity index (χ2v) is 5.55. The highest BCUT2D eigenvalue weighted by Gasteiger charge is 2.37. The van der Waals surface area contributed by atoms with Crippen molar-refractivity contribution in [2.75, 3.05) is 26.7 Å². The summed E-state index contributed by atoms with van der Waals surface area (Å²) in [5.74, 6) is 1.24. The Morgan fingerprint density at radius 2 is 2.30 bits per heavy atom. The molecule has 2 fully saturated rings. The largest absolute Gasteiger partial charge is 0.464 e. The molecule has 110 valence electrons. The molecule has 0 unspecified atom stereocenters. The van der Waals surface area contributed by atoms with Gasteiger partial charge in [-0.2, -0.15) is 4.98 Å². The molecule has 0 aromatic carbocycles. The predicted molar refractivity (Wildman–Crippen MR) is 69.8 cm³/mol. The molecule has 1 aromatic rings. The SMILES string of the molecule is Cc1nc(CN(C)[C@@H]2CCN([C@H]3CCOC3=O)C2)no1. The van der Waals surface area contributed by atoms with E-state index in [1.807, 2.05) is 0 Å². The molecule has 2 atom stereocenters. The van der Waals surface area contributed by atoms with Crippen LogP contribution in [0.15, 0.2) is 4.52 Å². The van der Waals surface area contributed by atoms with E-state index in [1.54, 1.807) is 6.92 Å². The zero-order valence-corrected chi connectivity index (χ0v) is 11.9. The maximum atomic E-state index is 11.6. The number of aryl methyl sites for hydroxylation is 1. The lowest BCUT2D eigenvalue weighted by atomic mass is 10.2. The van der Waals surface area contributed by atoms with Crippen LogP contribution in [0.3, 0.4) is 0 Å². The first-order valence-electron chi connectivity index (χ1n) is 7.03. The average molecular weight is 280 g/mol. The molecule has 0 saturated carbocycles. The van der Waals surface area contributed by atoms with Gasteiger partial charge in [-0.05, 0) is 13.5 Å². The van der Waals surface area contributed by atoms with Crippen molar-refractivity contribution in [1.82, 2.24) is 19.9 Å². The quantitative estimate of drug-likeness (QED) is 0.729. The molecule has 7 nitrogen and oxygen atoms in total. The molecule has 0 N–H and O–H groups in total. The summed E-state index contributed by atoms with van der Waals surface area (Å²) in [4.78, 5) is 20.3. The zero-order chi connectivity index (χ0) is 14.1. The first kappa shape index (κ1) is 13.5. The summed E-state index contributed by atoms with van der Waals surface area (Å²) in [6, 6.07) is 0.378. The van der Waals surface area contributed by atoms with E-state index in [0.29, 0.717) is 30.9 Å². The minimum atomic E-state index is -0.0675. The van der Waals surface area contributed by atoms with Crippen LogP contribution in [0.25, 0.3) is 0 Å². The van der Waals surface area contributed by atoms with Crippen LogP contribution in [0, 0.1) is 6.92 Å². The van der Waals surface area contributed by atoms with E-state index in [0.717, 1.165) is 25.9 Å². The van der Waals surface area contributed by atoms with Gasteiger partial charge in [0.25, 0.3) is 0 Å². The number of esters is 1. The summed E-state index contributed by atoms with van der Waals surface area (Å²) in [5, 5.41) is 3.92. The summed E-state index contributed by atoms with van der Waals surface area (Å²) >= 11 is 0. The van der Waals surface area contributed by atoms with Crippen molar-refractivity contribution in [3.63, 3.8) is 0 Å². The number of rotatable bonds is 4. The molecule has 2 aliphatic heterocycles. The molecule has 0 bridgehead atoms. The van der Waals surface area contributed by atoms with Crippen LogP contribution >= 0.6 is 0 Å². The number of likely N-dealkylation sites (tertiary alicyclic amines) is 1. The van der Waals surface area contributed by atoms with E-state index >= 15 is 0 Å². The van der Waals surface area contributed by atoms with E-state index in [2.05, 4.69) is 27.0 Å². The Hall–Kier alpha value is -1.47. The van der Waals surface area contributed by atoms with Gasteiger partial charge in [-0.1, -0.05) is 5.16 Å². The number of hydrogen-bond donors (Lipinski definition) is 0. The summed E-state index contributed by atoms with van der Waals surface area (Å²) in [5.41, 5.74) is 0. The summed E-state index contributed by atoms with van der Waals surface area (Å²) < 4.78 is 10.0. The Balaban J connectivity index is 1.55. The third-order valence-electron chi connectivity index (χ3n) is 4.13. The number of carbonyl (C=O) groups is 1. The van der Waals surface area contributed by atoms with Gasteiger partial charge in [-0.25, -0.2) is 0 Å². The molecule has 0 aliphatic carbocycles. The molecule has 1 aromatic heterocycles. The fourth-order valence-corrected chi connectivity index (χ4v) is 2.99. The van der Waals surface area contributed by atoms with Gasteiger partial charge in [0.05, 0.1) is 13.2 Å². The number of carbonyl (C=O) groups excluding carboxylic acids is 1. The van der Waals surface area contributed by atoms with E-state index in [9.17, 15) is 4.79 Å². The van der Waals surface area contributed by atoms with E-state index < -0.39 is 0 Å². The van der Waals surface area contributed by atoms with Gasteiger partial charge < -0.3 is 9.26 Å². The standard InChI is InChI=1S/C13H20N4O3/c1-9-14-12(15-20-9)8-16(2)10-3-5-17(7-10)11-4-6-19-13(11)18/h10-11H,3-8H2,1-2H3/t10-,11+/m1/s1. The molecule has 3 heterocycles. The van der Waals surface area contributed by atoms with E-state index in [4.69, 9.17) is 9.26 Å². The van der Waals surface area contributed by atoms with Gasteiger partial charge in [-0.3, -0.25) is 14.6 Å². The van der Waals surface area contributed by atoms with Crippen molar-refractivity contribution in [2.24, 2.45) is 0 Å². The van der Waals surface area contributed by atoms with Crippen LogP contribution in [-0.2, 0) is 16.1 Å². The van der Waals surface area contributed by atoms with Crippen LogP contribution in [0.5, 0.6) is 0 Å². The number of hydrogen-bond acceptors (Lipinski definition) is 7. The highest BCUT2D eigenvalue weighted by molar-refractivity contribution is 5.77. The fraction of sp³-hybridized carbons (Fsp3) is 0.769. The van der Waals surface area contributed by atoms with Gasteiger partial charge in [0.2, 0.25) is 5.89 Å². The molecular formula is C13H20N4O3. The van der Waals surface area contributed by atoms with Crippen molar-refractivity contribution in [3.05, 3.63) is 11.7 Å². The Labute approximate surface area is 117 Å². The van der Waals surface area contributed by atoms with Gasteiger partial charge in [0.1, 0.15) is 6.04 Å². The van der Waals surface area contributed by atoms with E-state index in [-0.39, 0.29) is 12.0 Å². The lowest BCUT2D eigenvalue weighted by Gasteiger charge is -2.24. The molecular weight excluding hydrogens is 260 g/mol. The Morgan fingerprint density at radius 1 is 1.45 bits per heavy atom. The number of aromatic nitrogens is 2. The van der Waals surface area contributed by atoms with E-state index in [1.165, 1.54) is 0 Å². The summed E-state index contributed by atoms with van der Waals surface area (Å²) in [7, 11) is 2.06. The van der Waals surface area contributed by atoms with Crippen molar-refractivity contribution < 1.29 is 14.1 Å². The molecule has 0 amide bonds. The monoisotopic (exact) mass is 280 g/mol. The second-order valence-electron chi connectivity index (χ2n) is 5.55. The van der Waals surface area contributed by atoms with Crippen LogP contribution < -0.4 is 0 Å². The molecule has 7 heteroatoms. The molecule has 0 radical (unpaired) electrons. The molecule has 2 saturated heterocycles. The van der Waals surface area contributed by atoms with Crippen molar-refractivity contribution in [3.8, 4) is 0 Å². The number of ether oxygens (including phenoxy) is 1. The Kier molecular flexibility index (Phi) is 3.71. The van der Waals surface area contributed by atoms with Crippen molar-refractivity contribution >= 4 is 5.97 Å². The maximum Gasteiger partial charge on any atom is 0.323 e. The maximum absolute atomic E-state index is 11.6. The summed E-state index contributed by atoms with van der Waals surface area (Å²) in [6.45, 7) is 4.86. The van der Waals surface area contributed by atoms with Crippen LogP contribution in [-0.4, -0.2) is 64.7 Å². The molecule has 0 spiro atoms. The zero-order valence-electron chi connectivity index (χ0n) is 11.9. The van der Waals surface area contributed by atoms with Crippen LogP contribution in [0.1, 0.15) is 24.6 Å². The van der Waals surface area contributed by atoms with Crippen molar-refractivity contribution in [2.45, 2.75) is 38.4 Å². The Bertz CT molecular complexity index is 490. The van der Waals surface area contributed by atoms with Crippen LogP contribution in [0.4, 0.5) is 0 Å². The topological polar surface area (TPSA) is 71.7 Å². The lowest BCUT2D eigenvalue weighted by Crippen LogP contribution is -2.40. The van der Waals surface area contributed by atoms with Gasteiger partial charge >= 0.3 is 5.97 Å². The fourth-order valence-electron chi connectivity index (χ4n) is 2.99. The third kappa shape index (κ3) is 2.69. The summed E-state index contributed by atoms with van der Waals surface area (Å²) in [6.07, 6.45) is 1.87. The minimum Gasteiger partial charge on any atom is -0.464 e. The number of likely N-dealkylation sites (N-methyl/N-ethyl adjacent to an activating group) is 1. The van der Waals surface area contributed by atoms with Crippen LogP contribution in [0.2, 0.25) is 0 Å². The predicted octanol–water partition coefficient (Wildman–Crippen LogP) is 0.200. The molecule has 3 rings (SSSR count). The molecule has 2 aliphatic rings. The molecule has 20 heavy (non-hydrogen) atoms. The lowest BCUT2D eigenvalue weighted by molar-refractivity contribution is -0.142. The smallest absolute Gasteiger partial charge is 0.323 e. The average Bonchev–Trinajstić information content (AvgIpc) is 3.10. The highest BCUT2D eigenvalue weighted by atomic mass is 16.5. The van der Waals surface area contributed by atoms with Gasteiger partial charge in [0, 0.05) is 32.5 Å². The Morgan fingerprint density at radius 3 is 2.95 bits per heavy atom. The van der Waals surface area contributed by atoms with Crippen molar-refractivity contribution in [1.29, 1.82) is 0 Å². The first-order valence-corrected chi connectivity index (χ1v) is 7.03. The first-order chi connectivity index (χ1) is 9.63. The number of cyclic esters (lactones) is 1. The number of nitrogens with zero attached hydrogens (tertiary/aromatic N) is 4. The normalized spacial score (nSPS) is 27.4. The highest BCUT2D eigenvalue weighted by Crippen LogP contribution is 2.22. The second kappa shape index (κ2) is 5.49. The van der Waals surface area contributed by atoms with Gasteiger partial charge in [-0.15, -0.1) is 0 Å². The third-order valence-corrected chi connectivity index (χ3v) is 4.13.